The molecule has 0 amide bonds. The third-order valence-electron chi connectivity index (χ3n) is 4.11. The largest absolute Gasteiger partial charge is 0.381 e. The van der Waals surface area contributed by atoms with Gasteiger partial charge in [-0.15, -0.1) is 0 Å². The third-order valence-corrected chi connectivity index (χ3v) is 4.11. The maximum atomic E-state index is 9.50. The average molecular weight is 251 g/mol. The van der Waals surface area contributed by atoms with E-state index < -0.39 is 0 Å². The molecule has 0 N–H and O–H groups in total. The maximum absolute atomic E-state index is 9.50. The van der Waals surface area contributed by atoms with Crippen molar-refractivity contribution in [2.75, 3.05) is 13.2 Å². The van der Waals surface area contributed by atoms with Crippen molar-refractivity contribution >= 4 is 0 Å². The van der Waals surface area contributed by atoms with Crippen LogP contribution in [0.15, 0.2) is 0 Å². The van der Waals surface area contributed by atoms with E-state index in [1.807, 2.05) is 0 Å². The van der Waals surface area contributed by atoms with Crippen molar-refractivity contribution in [3.05, 3.63) is 0 Å². The Morgan fingerprint density at radius 1 is 1.06 bits per heavy atom. The Labute approximate surface area is 113 Å². The zero-order valence-electron chi connectivity index (χ0n) is 12.2. The van der Waals surface area contributed by atoms with E-state index in [2.05, 4.69) is 19.9 Å². The highest BCUT2D eigenvalue weighted by Gasteiger charge is 2.29. The van der Waals surface area contributed by atoms with Crippen LogP contribution in [-0.2, 0) is 4.74 Å². The number of hydrogen-bond donors (Lipinski definition) is 0. The van der Waals surface area contributed by atoms with Gasteiger partial charge in [0, 0.05) is 13.2 Å². The van der Waals surface area contributed by atoms with Gasteiger partial charge in [0.1, 0.15) is 0 Å². The van der Waals surface area contributed by atoms with Crippen LogP contribution < -0.4 is 0 Å². The first-order valence-corrected chi connectivity index (χ1v) is 7.67. The minimum absolute atomic E-state index is 0.0851. The minimum atomic E-state index is -0.0851. The molecule has 1 saturated carbocycles. The lowest BCUT2D eigenvalue weighted by molar-refractivity contribution is 0.0927. The summed E-state index contributed by atoms with van der Waals surface area (Å²) in [5.74, 6) is 0.705. The molecule has 0 atom stereocenters. The molecule has 1 aliphatic carbocycles. The molecule has 2 heteroatoms. The predicted octanol–water partition coefficient (Wildman–Crippen LogP) is 4.69. The van der Waals surface area contributed by atoms with Gasteiger partial charge in [-0.1, -0.05) is 46.0 Å². The number of nitriles is 1. The number of ether oxygens (including phenoxy) is 1. The van der Waals surface area contributed by atoms with Crippen LogP contribution in [0.25, 0.3) is 0 Å². The van der Waals surface area contributed by atoms with Gasteiger partial charge in [-0.2, -0.15) is 5.26 Å². The standard InChI is InChI=1S/C16H29NO/c1-15(2)8-12-18-13-11-16(14-17)9-6-4-3-5-7-10-16/h15H,3-13H2,1-2H3. The molecule has 1 aliphatic rings. The molecular formula is C16H29NO. The normalized spacial score (nSPS) is 20.1. The van der Waals surface area contributed by atoms with E-state index >= 15 is 0 Å². The summed E-state index contributed by atoms with van der Waals surface area (Å²) in [5.41, 5.74) is -0.0851. The summed E-state index contributed by atoms with van der Waals surface area (Å²) in [6, 6.07) is 2.60. The van der Waals surface area contributed by atoms with Gasteiger partial charge in [0.05, 0.1) is 11.5 Å². The van der Waals surface area contributed by atoms with Crippen LogP contribution in [0.5, 0.6) is 0 Å². The van der Waals surface area contributed by atoms with E-state index in [-0.39, 0.29) is 5.41 Å². The van der Waals surface area contributed by atoms with Crippen LogP contribution in [0.1, 0.15) is 71.6 Å². The lowest BCUT2D eigenvalue weighted by atomic mass is 9.75. The van der Waals surface area contributed by atoms with Gasteiger partial charge in [-0.25, -0.2) is 0 Å². The number of nitrogens with zero attached hydrogens (tertiary/aromatic N) is 1. The summed E-state index contributed by atoms with van der Waals surface area (Å²) in [6.45, 7) is 6.04. The van der Waals surface area contributed by atoms with Crippen molar-refractivity contribution in [1.82, 2.24) is 0 Å². The van der Waals surface area contributed by atoms with Gasteiger partial charge in [0.2, 0.25) is 0 Å². The molecular weight excluding hydrogens is 222 g/mol. The van der Waals surface area contributed by atoms with Crippen molar-refractivity contribution in [3.63, 3.8) is 0 Å². The Balaban J connectivity index is 2.28. The van der Waals surface area contributed by atoms with Crippen LogP contribution in [0, 0.1) is 22.7 Å². The molecule has 0 aromatic rings. The molecule has 1 rings (SSSR count). The summed E-state index contributed by atoms with van der Waals surface area (Å²) < 4.78 is 5.70. The quantitative estimate of drug-likeness (QED) is 0.641. The second kappa shape index (κ2) is 8.53. The van der Waals surface area contributed by atoms with Crippen LogP contribution in [0.2, 0.25) is 0 Å². The van der Waals surface area contributed by atoms with E-state index in [4.69, 9.17) is 4.74 Å². The molecule has 0 bridgehead atoms. The highest BCUT2D eigenvalue weighted by atomic mass is 16.5. The van der Waals surface area contributed by atoms with Crippen LogP contribution in [0.4, 0.5) is 0 Å². The van der Waals surface area contributed by atoms with E-state index in [0.29, 0.717) is 5.92 Å². The highest BCUT2D eigenvalue weighted by Crippen LogP contribution is 2.36. The van der Waals surface area contributed by atoms with Crippen LogP contribution >= 0.6 is 0 Å². The van der Waals surface area contributed by atoms with Gasteiger partial charge in [-0.05, 0) is 31.6 Å². The smallest absolute Gasteiger partial charge is 0.0690 e. The van der Waals surface area contributed by atoms with Crippen molar-refractivity contribution in [2.24, 2.45) is 11.3 Å². The first-order chi connectivity index (χ1) is 8.68. The van der Waals surface area contributed by atoms with Crippen molar-refractivity contribution in [2.45, 2.75) is 71.6 Å². The van der Waals surface area contributed by atoms with Crippen molar-refractivity contribution < 1.29 is 4.74 Å². The number of hydrogen-bond acceptors (Lipinski definition) is 2. The van der Waals surface area contributed by atoms with Crippen molar-refractivity contribution in [3.8, 4) is 6.07 Å². The molecule has 18 heavy (non-hydrogen) atoms. The predicted molar refractivity (Wildman–Crippen MR) is 75.3 cm³/mol. The SMILES string of the molecule is CC(C)CCOCCC1(C#N)CCCCCCC1. The second-order valence-electron chi connectivity index (χ2n) is 6.20. The zero-order chi connectivity index (χ0) is 13.3. The van der Waals surface area contributed by atoms with E-state index in [9.17, 15) is 5.26 Å². The molecule has 0 aromatic carbocycles. The number of rotatable bonds is 6. The Hall–Kier alpha value is -0.550. The fraction of sp³-hybridized carbons (Fsp3) is 0.938. The Morgan fingerprint density at radius 3 is 2.22 bits per heavy atom. The van der Waals surface area contributed by atoms with Gasteiger partial charge < -0.3 is 4.74 Å². The third kappa shape index (κ3) is 5.87. The highest BCUT2D eigenvalue weighted by molar-refractivity contribution is 4.99. The molecule has 0 spiro atoms. The van der Waals surface area contributed by atoms with E-state index in [0.717, 1.165) is 38.9 Å². The monoisotopic (exact) mass is 251 g/mol. The summed E-state index contributed by atoms with van der Waals surface area (Å²) in [4.78, 5) is 0. The Bertz CT molecular complexity index is 246. The average Bonchev–Trinajstić information content (AvgIpc) is 2.31. The van der Waals surface area contributed by atoms with Crippen LogP contribution in [-0.4, -0.2) is 13.2 Å². The second-order valence-corrected chi connectivity index (χ2v) is 6.20. The summed E-state index contributed by atoms with van der Waals surface area (Å²) in [5, 5.41) is 9.50. The topological polar surface area (TPSA) is 33.0 Å². The van der Waals surface area contributed by atoms with E-state index in [1.54, 1.807) is 0 Å². The Kier molecular flexibility index (Phi) is 7.35. The Morgan fingerprint density at radius 2 is 1.67 bits per heavy atom. The fourth-order valence-corrected chi connectivity index (χ4v) is 2.69. The fourth-order valence-electron chi connectivity index (χ4n) is 2.69. The molecule has 2 nitrogen and oxygen atoms in total. The first kappa shape index (κ1) is 15.5. The van der Waals surface area contributed by atoms with E-state index in [1.165, 1.54) is 32.1 Å². The lowest BCUT2D eigenvalue weighted by Gasteiger charge is -2.28. The molecule has 104 valence electrons. The molecule has 0 radical (unpaired) electrons. The first-order valence-electron chi connectivity index (χ1n) is 7.67. The van der Waals surface area contributed by atoms with Gasteiger partial charge in [-0.3, -0.25) is 0 Å². The van der Waals surface area contributed by atoms with Gasteiger partial charge in [0.15, 0.2) is 0 Å². The summed E-state index contributed by atoms with van der Waals surface area (Å²) >= 11 is 0. The molecule has 0 saturated heterocycles. The lowest BCUT2D eigenvalue weighted by Crippen LogP contribution is -2.22. The molecule has 0 aliphatic heterocycles. The minimum Gasteiger partial charge on any atom is -0.381 e. The molecule has 0 heterocycles. The molecule has 1 fully saturated rings. The zero-order valence-corrected chi connectivity index (χ0v) is 12.2. The summed E-state index contributed by atoms with van der Waals surface area (Å²) in [7, 11) is 0. The molecule has 0 aromatic heterocycles. The maximum Gasteiger partial charge on any atom is 0.0690 e. The van der Waals surface area contributed by atoms with Crippen LogP contribution in [0.3, 0.4) is 0 Å². The summed E-state index contributed by atoms with van der Waals surface area (Å²) in [6.07, 6.45) is 10.6. The van der Waals surface area contributed by atoms with Gasteiger partial charge >= 0.3 is 0 Å². The van der Waals surface area contributed by atoms with Gasteiger partial charge in [0.25, 0.3) is 0 Å². The van der Waals surface area contributed by atoms with Crippen molar-refractivity contribution in [1.29, 1.82) is 5.26 Å². The molecule has 0 unspecified atom stereocenters.